The van der Waals surface area contributed by atoms with Gasteiger partial charge in [-0.1, -0.05) is 72.8 Å². The monoisotopic (exact) mass is 264 g/mol. The van der Waals surface area contributed by atoms with Crippen molar-refractivity contribution in [1.29, 1.82) is 0 Å². The van der Waals surface area contributed by atoms with Crippen LogP contribution in [0.2, 0.25) is 0 Å². The summed E-state index contributed by atoms with van der Waals surface area (Å²) in [5.41, 5.74) is 0. The predicted octanol–water partition coefficient (Wildman–Crippen LogP) is 5.57. The van der Waals surface area contributed by atoms with Crippen molar-refractivity contribution in [2.45, 2.75) is 0 Å². The number of benzene rings is 4. The molecule has 0 N–H and O–H groups in total. The van der Waals surface area contributed by atoms with Crippen LogP contribution in [0.5, 0.6) is 0 Å². The molecule has 0 radical (unpaired) electrons. The lowest BCUT2D eigenvalue weighted by molar-refractivity contribution is 1.77. The third kappa shape index (κ3) is 1.76. The van der Waals surface area contributed by atoms with E-state index in [1.807, 2.05) is 0 Å². The topological polar surface area (TPSA) is 0 Å². The summed E-state index contributed by atoms with van der Waals surface area (Å²) < 4.78 is 0. The number of fused-ring (bicyclic) bond motifs is 5. The van der Waals surface area contributed by atoms with Gasteiger partial charge < -0.3 is 0 Å². The molecule has 4 aromatic carbocycles. The van der Waals surface area contributed by atoms with E-state index in [0.717, 1.165) is 0 Å². The SMILES string of the molecule is Cl.c1ccc2c(c1)ccc1c3ccccc3ccc21. The first-order chi connectivity index (χ1) is 8.93. The standard InChI is InChI=1S/C18H12.ClH/c1-3-7-15-13(5-1)9-11-18-16-8-4-2-6-14(16)10-12-17(15)18;/h1-12H;1H. The molecule has 0 saturated carbocycles. The van der Waals surface area contributed by atoms with E-state index in [1.54, 1.807) is 0 Å². The minimum absolute atomic E-state index is 0. The number of hydrogen-bond acceptors (Lipinski definition) is 0. The van der Waals surface area contributed by atoms with Crippen LogP contribution in [0, 0.1) is 0 Å². The van der Waals surface area contributed by atoms with Crippen molar-refractivity contribution in [3.05, 3.63) is 72.8 Å². The highest BCUT2D eigenvalue weighted by Gasteiger charge is 2.03. The van der Waals surface area contributed by atoms with Crippen molar-refractivity contribution in [3.63, 3.8) is 0 Å². The lowest BCUT2D eigenvalue weighted by atomic mass is 9.97. The van der Waals surface area contributed by atoms with Crippen molar-refractivity contribution in [2.75, 3.05) is 0 Å². The second-order valence-corrected chi connectivity index (χ2v) is 4.67. The van der Waals surface area contributed by atoms with Crippen molar-refractivity contribution in [2.24, 2.45) is 0 Å². The molecule has 92 valence electrons. The average molecular weight is 265 g/mol. The van der Waals surface area contributed by atoms with Gasteiger partial charge in [0.15, 0.2) is 0 Å². The lowest BCUT2D eigenvalue weighted by Gasteiger charge is -2.07. The van der Waals surface area contributed by atoms with Crippen LogP contribution < -0.4 is 0 Å². The Labute approximate surface area is 118 Å². The van der Waals surface area contributed by atoms with E-state index in [-0.39, 0.29) is 12.4 Å². The van der Waals surface area contributed by atoms with Crippen molar-refractivity contribution < 1.29 is 0 Å². The molecular weight excluding hydrogens is 252 g/mol. The Morgan fingerprint density at radius 2 is 0.789 bits per heavy atom. The minimum atomic E-state index is 0. The second kappa shape index (κ2) is 4.56. The molecule has 0 atom stereocenters. The van der Waals surface area contributed by atoms with E-state index in [4.69, 9.17) is 0 Å². The smallest absolute Gasteiger partial charge is 0.00990 e. The first-order valence-electron chi connectivity index (χ1n) is 6.23. The molecule has 0 unspecified atom stereocenters. The van der Waals surface area contributed by atoms with Gasteiger partial charge in [-0.2, -0.15) is 0 Å². The van der Waals surface area contributed by atoms with Crippen LogP contribution in [0.25, 0.3) is 32.3 Å². The summed E-state index contributed by atoms with van der Waals surface area (Å²) in [6, 6.07) is 26.0. The molecular formula is C18H13Cl. The van der Waals surface area contributed by atoms with Crippen LogP contribution in [0.15, 0.2) is 72.8 Å². The summed E-state index contributed by atoms with van der Waals surface area (Å²) in [6.45, 7) is 0. The molecule has 0 fully saturated rings. The van der Waals surface area contributed by atoms with E-state index in [9.17, 15) is 0 Å². The maximum absolute atomic E-state index is 2.24. The zero-order chi connectivity index (χ0) is 11.9. The molecule has 19 heavy (non-hydrogen) atoms. The molecule has 0 spiro atoms. The molecule has 0 aromatic heterocycles. The third-order valence-electron chi connectivity index (χ3n) is 3.65. The summed E-state index contributed by atoms with van der Waals surface area (Å²) in [5.74, 6) is 0. The molecule has 4 aromatic rings. The van der Waals surface area contributed by atoms with Crippen molar-refractivity contribution in [3.8, 4) is 0 Å². The van der Waals surface area contributed by atoms with Crippen LogP contribution in [0.4, 0.5) is 0 Å². The quantitative estimate of drug-likeness (QED) is 0.364. The Morgan fingerprint density at radius 1 is 0.368 bits per heavy atom. The Morgan fingerprint density at radius 3 is 1.26 bits per heavy atom. The number of hydrogen-bond donors (Lipinski definition) is 0. The summed E-state index contributed by atoms with van der Waals surface area (Å²) >= 11 is 0. The molecule has 4 rings (SSSR count). The van der Waals surface area contributed by atoms with Gasteiger partial charge in [-0.3, -0.25) is 0 Å². The highest BCUT2D eigenvalue weighted by molar-refractivity contribution is 6.17. The molecule has 0 amide bonds. The second-order valence-electron chi connectivity index (χ2n) is 4.67. The fourth-order valence-corrected chi connectivity index (χ4v) is 2.77. The molecule has 0 aliphatic heterocycles. The molecule has 0 aliphatic rings. The maximum Gasteiger partial charge on any atom is -0.00990 e. The van der Waals surface area contributed by atoms with Crippen LogP contribution in [-0.2, 0) is 0 Å². The van der Waals surface area contributed by atoms with Crippen LogP contribution in [0.3, 0.4) is 0 Å². The third-order valence-corrected chi connectivity index (χ3v) is 3.65. The molecule has 1 heteroatoms. The molecule has 0 heterocycles. The van der Waals surface area contributed by atoms with E-state index < -0.39 is 0 Å². The van der Waals surface area contributed by atoms with Crippen molar-refractivity contribution in [1.82, 2.24) is 0 Å². The average Bonchev–Trinajstić information content (AvgIpc) is 2.46. The van der Waals surface area contributed by atoms with Crippen LogP contribution in [0.1, 0.15) is 0 Å². The van der Waals surface area contributed by atoms with Gasteiger partial charge >= 0.3 is 0 Å². The Hall–Kier alpha value is -2.05. The van der Waals surface area contributed by atoms with Crippen LogP contribution in [-0.4, -0.2) is 0 Å². The van der Waals surface area contributed by atoms with E-state index >= 15 is 0 Å². The normalized spacial score (nSPS) is 10.7. The summed E-state index contributed by atoms with van der Waals surface area (Å²) in [7, 11) is 0. The van der Waals surface area contributed by atoms with Gasteiger partial charge in [0.2, 0.25) is 0 Å². The van der Waals surface area contributed by atoms with Gasteiger partial charge in [0.1, 0.15) is 0 Å². The molecule has 0 nitrogen and oxygen atoms in total. The number of rotatable bonds is 0. The largest absolute Gasteiger partial charge is 0.147 e. The highest BCUT2D eigenvalue weighted by Crippen LogP contribution is 2.30. The predicted molar refractivity (Wildman–Crippen MR) is 86.2 cm³/mol. The Bertz CT molecular complexity index is 803. The van der Waals surface area contributed by atoms with Gasteiger partial charge in [0.25, 0.3) is 0 Å². The molecule has 0 aliphatic carbocycles. The van der Waals surface area contributed by atoms with E-state index in [0.29, 0.717) is 0 Å². The number of halogens is 1. The van der Waals surface area contributed by atoms with Gasteiger partial charge in [0, 0.05) is 0 Å². The zero-order valence-electron chi connectivity index (χ0n) is 10.3. The van der Waals surface area contributed by atoms with Crippen molar-refractivity contribution >= 4 is 44.7 Å². The highest BCUT2D eigenvalue weighted by atomic mass is 35.5. The maximum atomic E-state index is 2.24. The van der Waals surface area contributed by atoms with E-state index in [1.165, 1.54) is 32.3 Å². The first-order valence-corrected chi connectivity index (χ1v) is 6.23. The fraction of sp³-hybridized carbons (Fsp3) is 0. The van der Waals surface area contributed by atoms with Gasteiger partial charge in [-0.25, -0.2) is 0 Å². The summed E-state index contributed by atoms with van der Waals surface area (Å²) in [6.07, 6.45) is 0. The summed E-state index contributed by atoms with van der Waals surface area (Å²) in [4.78, 5) is 0. The minimum Gasteiger partial charge on any atom is -0.147 e. The Kier molecular flexibility index (Phi) is 2.88. The lowest BCUT2D eigenvalue weighted by Crippen LogP contribution is -1.79. The fourth-order valence-electron chi connectivity index (χ4n) is 2.77. The van der Waals surface area contributed by atoms with Crippen LogP contribution >= 0.6 is 12.4 Å². The zero-order valence-corrected chi connectivity index (χ0v) is 11.2. The molecule has 0 bridgehead atoms. The summed E-state index contributed by atoms with van der Waals surface area (Å²) in [5, 5.41) is 7.96. The van der Waals surface area contributed by atoms with Gasteiger partial charge in [-0.15, -0.1) is 12.4 Å². The van der Waals surface area contributed by atoms with Gasteiger partial charge in [0.05, 0.1) is 0 Å². The first kappa shape index (κ1) is 12.0. The molecule has 0 saturated heterocycles. The Balaban J connectivity index is 0.00000110. The van der Waals surface area contributed by atoms with E-state index in [2.05, 4.69) is 72.8 Å². The van der Waals surface area contributed by atoms with Gasteiger partial charge in [-0.05, 0) is 32.3 Å².